The summed E-state index contributed by atoms with van der Waals surface area (Å²) in [7, 11) is -0.0970. The van der Waals surface area contributed by atoms with Crippen LogP contribution in [-0.2, 0) is 9.31 Å². The van der Waals surface area contributed by atoms with Crippen LogP contribution in [0.25, 0.3) is 0 Å². The first-order valence-electron chi connectivity index (χ1n) is 6.53. The quantitative estimate of drug-likeness (QED) is 0.665. The van der Waals surface area contributed by atoms with E-state index in [1.54, 1.807) is 0 Å². The van der Waals surface area contributed by atoms with Crippen molar-refractivity contribution in [3.63, 3.8) is 0 Å². The summed E-state index contributed by atoms with van der Waals surface area (Å²) in [5, 5.41) is 0. The molecule has 1 heterocycles. The average Bonchev–Trinajstić information content (AvgIpc) is 2.52. The van der Waals surface area contributed by atoms with Crippen LogP contribution in [0.1, 0.15) is 59.8 Å². The summed E-state index contributed by atoms with van der Waals surface area (Å²) < 4.78 is 12.3. The van der Waals surface area contributed by atoms with Gasteiger partial charge in [0, 0.05) is 0 Å². The molecule has 1 unspecified atom stereocenters. The molecule has 0 bridgehead atoms. The minimum absolute atomic E-state index is 0.0970. The highest BCUT2D eigenvalue weighted by Crippen LogP contribution is 2.42. The van der Waals surface area contributed by atoms with E-state index in [4.69, 9.17) is 9.31 Å². The van der Waals surface area contributed by atoms with E-state index < -0.39 is 0 Å². The third-order valence-corrected chi connectivity index (χ3v) is 4.35. The fraction of sp³-hybridized carbons (Fsp3) is 0.846. The van der Waals surface area contributed by atoms with Gasteiger partial charge in [0.2, 0.25) is 0 Å². The molecule has 0 aromatic carbocycles. The maximum atomic E-state index is 6.16. The van der Waals surface area contributed by atoms with Crippen molar-refractivity contribution >= 4 is 7.12 Å². The van der Waals surface area contributed by atoms with Crippen molar-refractivity contribution in [3.8, 4) is 0 Å². The molecule has 1 saturated heterocycles. The lowest BCUT2D eigenvalue weighted by atomic mass is 9.73. The molecule has 1 atom stereocenters. The van der Waals surface area contributed by atoms with Gasteiger partial charge in [0.1, 0.15) is 0 Å². The molecule has 90 valence electrons. The molecule has 1 fully saturated rings. The lowest BCUT2D eigenvalue weighted by Crippen LogP contribution is -2.44. The topological polar surface area (TPSA) is 18.5 Å². The Morgan fingerprint density at radius 1 is 1.25 bits per heavy atom. The van der Waals surface area contributed by atoms with E-state index in [9.17, 15) is 0 Å². The summed E-state index contributed by atoms with van der Waals surface area (Å²) in [6.07, 6.45) is 8.21. The van der Waals surface area contributed by atoms with E-state index in [1.807, 2.05) is 0 Å². The van der Waals surface area contributed by atoms with Gasteiger partial charge in [-0.25, -0.2) is 0 Å². The molecule has 1 aliphatic heterocycles. The number of hydrogen-bond acceptors (Lipinski definition) is 2. The van der Waals surface area contributed by atoms with Crippen molar-refractivity contribution < 1.29 is 9.31 Å². The van der Waals surface area contributed by atoms with Crippen LogP contribution in [0.4, 0.5) is 0 Å². The van der Waals surface area contributed by atoms with Crippen molar-refractivity contribution in [1.29, 1.82) is 0 Å². The van der Waals surface area contributed by atoms with Crippen molar-refractivity contribution in [2.24, 2.45) is 0 Å². The van der Waals surface area contributed by atoms with Crippen LogP contribution in [0, 0.1) is 0 Å². The molecular weight excluding hydrogens is 199 g/mol. The van der Waals surface area contributed by atoms with Crippen LogP contribution in [0.5, 0.6) is 0 Å². The van der Waals surface area contributed by atoms with Gasteiger partial charge in [-0.05, 0) is 58.3 Å². The Balaban J connectivity index is 2.14. The summed E-state index contributed by atoms with van der Waals surface area (Å²) in [6.45, 7) is 8.61. The predicted octanol–water partition coefficient (Wildman–Crippen LogP) is 3.51. The normalized spacial score (nSPS) is 34.0. The number of hydrogen-bond donors (Lipinski definition) is 0. The van der Waals surface area contributed by atoms with Gasteiger partial charge < -0.3 is 9.31 Å². The van der Waals surface area contributed by atoms with Crippen molar-refractivity contribution in [2.75, 3.05) is 0 Å². The molecule has 2 nitrogen and oxygen atoms in total. The third-order valence-electron chi connectivity index (χ3n) is 4.35. The minimum atomic E-state index is -0.190. The standard InChI is InChI=1S/C13H23BO2/c1-5-13(4)12(2,3)15-14(16-13)11-9-7-6-8-10-11/h9H,5-8,10H2,1-4H3. The molecule has 0 aromatic rings. The van der Waals surface area contributed by atoms with E-state index in [1.165, 1.54) is 24.7 Å². The second kappa shape index (κ2) is 4.19. The summed E-state index contributed by atoms with van der Waals surface area (Å²) in [5.41, 5.74) is 1.01. The van der Waals surface area contributed by atoms with E-state index in [2.05, 4.69) is 33.8 Å². The summed E-state index contributed by atoms with van der Waals surface area (Å²) in [4.78, 5) is 0. The zero-order valence-corrected chi connectivity index (χ0v) is 11.0. The lowest BCUT2D eigenvalue weighted by molar-refractivity contribution is -0.0118. The highest BCUT2D eigenvalue weighted by Gasteiger charge is 2.53. The Bertz CT molecular complexity index is 298. The van der Waals surface area contributed by atoms with E-state index in [0.29, 0.717) is 0 Å². The average molecular weight is 222 g/mol. The minimum Gasteiger partial charge on any atom is -0.400 e. The molecular formula is C13H23BO2. The molecule has 1 aliphatic carbocycles. The van der Waals surface area contributed by atoms with E-state index in [-0.39, 0.29) is 18.3 Å². The Kier molecular flexibility index (Phi) is 3.19. The van der Waals surface area contributed by atoms with Crippen molar-refractivity contribution in [3.05, 3.63) is 11.5 Å². The van der Waals surface area contributed by atoms with Crippen molar-refractivity contribution in [1.82, 2.24) is 0 Å². The van der Waals surface area contributed by atoms with Gasteiger partial charge in [0.15, 0.2) is 0 Å². The molecule has 0 N–H and O–H groups in total. The monoisotopic (exact) mass is 222 g/mol. The van der Waals surface area contributed by atoms with Crippen LogP contribution in [0.2, 0.25) is 0 Å². The first-order chi connectivity index (χ1) is 7.48. The maximum Gasteiger partial charge on any atom is 0.490 e. The fourth-order valence-electron chi connectivity index (χ4n) is 2.53. The lowest BCUT2D eigenvalue weighted by Gasteiger charge is -2.35. The van der Waals surface area contributed by atoms with Gasteiger partial charge >= 0.3 is 7.12 Å². The number of rotatable bonds is 2. The van der Waals surface area contributed by atoms with Gasteiger partial charge in [-0.3, -0.25) is 0 Å². The van der Waals surface area contributed by atoms with Crippen LogP contribution >= 0.6 is 0 Å². The largest absolute Gasteiger partial charge is 0.490 e. The van der Waals surface area contributed by atoms with Gasteiger partial charge in [-0.1, -0.05) is 13.0 Å². The summed E-state index contributed by atoms with van der Waals surface area (Å²) in [6, 6.07) is 0. The van der Waals surface area contributed by atoms with Gasteiger partial charge in [0.05, 0.1) is 11.2 Å². The molecule has 16 heavy (non-hydrogen) atoms. The first-order valence-corrected chi connectivity index (χ1v) is 6.53. The summed E-state index contributed by atoms with van der Waals surface area (Å²) in [5.74, 6) is 0. The van der Waals surface area contributed by atoms with Crippen LogP contribution in [0.3, 0.4) is 0 Å². The smallest absolute Gasteiger partial charge is 0.400 e. The molecule has 0 saturated carbocycles. The van der Waals surface area contributed by atoms with E-state index >= 15 is 0 Å². The zero-order valence-electron chi connectivity index (χ0n) is 11.0. The predicted molar refractivity (Wildman–Crippen MR) is 67.3 cm³/mol. The first kappa shape index (κ1) is 12.2. The molecule has 0 aromatic heterocycles. The zero-order chi connectivity index (χ0) is 11.8. The Hall–Kier alpha value is -0.275. The molecule has 2 aliphatic rings. The Morgan fingerprint density at radius 2 is 2.00 bits per heavy atom. The molecule has 0 spiro atoms. The Morgan fingerprint density at radius 3 is 2.50 bits per heavy atom. The third kappa shape index (κ3) is 1.95. The van der Waals surface area contributed by atoms with Gasteiger partial charge in [-0.15, -0.1) is 0 Å². The fourth-order valence-corrected chi connectivity index (χ4v) is 2.53. The highest BCUT2D eigenvalue weighted by atomic mass is 16.7. The second-order valence-electron chi connectivity index (χ2n) is 5.69. The Labute approximate surface area is 99.5 Å². The molecule has 0 amide bonds. The van der Waals surface area contributed by atoms with Gasteiger partial charge in [-0.2, -0.15) is 0 Å². The van der Waals surface area contributed by atoms with Crippen LogP contribution in [0.15, 0.2) is 11.5 Å². The molecule has 0 radical (unpaired) electrons. The highest BCUT2D eigenvalue weighted by molar-refractivity contribution is 6.54. The SMILES string of the molecule is CCC1(C)OB(C2=CCCCC2)OC1(C)C. The molecule has 3 heteroatoms. The van der Waals surface area contributed by atoms with Crippen LogP contribution < -0.4 is 0 Å². The van der Waals surface area contributed by atoms with E-state index in [0.717, 1.165) is 12.8 Å². The second-order valence-corrected chi connectivity index (χ2v) is 5.69. The van der Waals surface area contributed by atoms with Crippen molar-refractivity contribution in [2.45, 2.75) is 71.0 Å². The van der Waals surface area contributed by atoms with Gasteiger partial charge in [0.25, 0.3) is 0 Å². The number of allylic oxidation sites excluding steroid dienone is 2. The van der Waals surface area contributed by atoms with Crippen LogP contribution in [-0.4, -0.2) is 18.3 Å². The maximum absolute atomic E-state index is 6.16. The molecule has 2 rings (SSSR count). The summed E-state index contributed by atoms with van der Waals surface area (Å²) >= 11 is 0.